The quantitative estimate of drug-likeness (QED) is 0.571. The van der Waals surface area contributed by atoms with E-state index in [0.717, 1.165) is 0 Å². The second-order valence-electron chi connectivity index (χ2n) is 7.23. The Labute approximate surface area is 166 Å². The van der Waals surface area contributed by atoms with Gasteiger partial charge < -0.3 is 10.3 Å². The van der Waals surface area contributed by atoms with E-state index in [4.69, 9.17) is 5.73 Å². The zero-order valence-corrected chi connectivity index (χ0v) is 16.6. The number of pyridine rings is 1. The summed E-state index contributed by atoms with van der Waals surface area (Å²) in [5.41, 5.74) is 7.51. The first-order valence-corrected chi connectivity index (χ1v) is 9.19. The van der Waals surface area contributed by atoms with E-state index in [9.17, 15) is 9.59 Å². The van der Waals surface area contributed by atoms with Crippen LogP contribution in [0.5, 0.6) is 0 Å². The van der Waals surface area contributed by atoms with Gasteiger partial charge in [-0.2, -0.15) is 4.68 Å². The van der Waals surface area contributed by atoms with Crippen LogP contribution in [0.15, 0.2) is 41.5 Å². The van der Waals surface area contributed by atoms with Crippen LogP contribution in [0.4, 0.5) is 0 Å². The molecule has 0 aliphatic rings. The third-order valence-electron chi connectivity index (χ3n) is 4.99. The Morgan fingerprint density at radius 2 is 1.97 bits per heavy atom. The summed E-state index contributed by atoms with van der Waals surface area (Å²) >= 11 is 0. The van der Waals surface area contributed by atoms with Crippen molar-refractivity contribution in [2.24, 2.45) is 12.8 Å². The Kier molecular flexibility index (Phi) is 4.30. The van der Waals surface area contributed by atoms with Crippen molar-refractivity contribution in [1.29, 1.82) is 0 Å². The van der Waals surface area contributed by atoms with Crippen molar-refractivity contribution in [2.75, 3.05) is 0 Å². The lowest BCUT2D eigenvalue weighted by atomic mass is 10.1. The Balaban J connectivity index is 1.93. The highest BCUT2D eigenvalue weighted by Crippen LogP contribution is 2.21. The van der Waals surface area contributed by atoms with Gasteiger partial charge in [0.25, 0.3) is 5.56 Å². The molecule has 0 radical (unpaired) electrons. The molecule has 0 saturated heterocycles. The fourth-order valence-electron chi connectivity index (χ4n) is 3.48. The van der Waals surface area contributed by atoms with E-state index < -0.39 is 5.91 Å². The number of carbonyl (C=O) groups is 1. The lowest BCUT2D eigenvalue weighted by molar-refractivity contribution is 0.1000. The zero-order valence-electron chi connectivity index (χ0n) is 16.6. The summed E-state index contributed by atoms with van der Waals surface area (Å²) in [7, 11) is 1.78. The van der Waals surface area contributed by atoms with Gasteiger partial charge in [0.1, 0.15) is 12.0 Å². The van der Waals surface area contributed by atoms with Crippen molar-refractivity contribution in [3.63, 3.8) is 0 Å². The molecule has 1 amide bonds. The lowest BCUT2D eigenvalue weighted by Gasteiger charge is -2.11. The summed E-state index contributed by atoms with van der Waals surface area (Å²) in [5.74, 6) is 0.510. The molecule has 148 valence electrons. The molecule has 3 aromatic heterocycles. The fourth-order valence-corrected chi connectivity index (χ4v) is 3.48. The highest BCUT2D eigenvalue weighted by Gasteiger charge is 2.18. The molecule has 9 heteroatoms. The molecule has 3 heterocycles. The van der Waals surface area contributed by atoms with Gasteiger partial charge in [0.2, 0.25) is 5.91 Å². The molecule has 0 saturated carbocycles. The fraction of sp³-hybridized carbons (Fsp3) is 0.250. The van der Waals surface area contributed by atoms with E-state index in [0.29, 0.717) is 39.4 Å². The zero-order chi connectivity index (χ0) is 20.9. The van der Waals surface area contributed by atoms with Crippen LogP contribution >= 0.6 is 0 Å². The van der Waals surface area contributed by atoms with Crippen molar-refractivity contribution in [3.8, 4) is 17.3 Å². The number of hydrogen-bond acceptors (Lipinski definition) is 5. The van der Waals surface area contributed by atoms with E-state index in [1.807, 2.05) is 30.5 Å². The Bertz CT molecular complexity index is 1310. The second kappa shape index (κ2) is 6.69. The summed E-state index contributed by atoms with van der Waals surface area (Å²) in [5, 5.41) is 8.57. The number of amides is 1. The average molecular weight is 391 g/mol. The maximum atomic E-state index is 13.1. The third kappa shape index (κ3) is 2.91. The van der Waals surface area contributed by atoms with Crippen LogP contribution in [0.2, 0.25) is 0 Å². The number of aromatic nitrogens is 6. The molecule has 29 heavy (non-hydrogen) atoms. The van der Waals surface area contributed by atoms with Crippen LogP contribution in [0.25, 0.3) is 28.2 Å². The van der Waals surface area contributed by atoms with Gasteiger partial charge in [-0.3, -0.25) is 14.3 Å². The topological polar surface area (TPSA) is 114 Å². The highest BCUT2D eigenvalue weighted by atomic mass is 16.1. The molecule has 0 aliphatic heterocycles. The van der Waals surface area contributed by atoms with Crippen molar-refractivity contribution >= 4 is 16.8 Å². The maximum absolute atomic E-state index is 13.1. The number of benzene rings is 1. The summed E-state index contributed by atoms with van der Waals surface area (Å²) in [6.07, 6.45) is 1.66. The number of aryl methyl sites for hydroxylation is 2. The Morgan fingerprint density at radius 3 is 2.66 bits per heavy atom. The summed E-state index contributed by atoms with van der Waals surface area (Å²) in [4.78, 5) is 29.5. The maximum Gasteiger partial charge on any atom is 0.280 e. The molecule has 4 rings (SSSR count). The molecule has 0 aliphatic carbocycles. The lowest BCUT2D eigenvalue weighted by Crippen LogP contribution is -2.20. The predicted octanol–water partition coefficient (Wildman–Crippen LogP) is 1.97. The van der Waals surface area contributed by atoms with Gasteiger partial charge in [-0.1, -0.05) is 6.07 Å². The highest BCUT2D eigenvalue weighted by molar-refractivity contribution is 5.98. The first-order chi connectivity index (χ1) is 13.8. The van der Waals surface area contributed by atoms with Crippen molar-refractivity contribution in [1.82, 2.24) is 29.1 Å². The van der Waals surface area contributed by atoms with Crippen molar-refractivity contribution < 1.29 is 4.79 Å². The molecule has 9 nitrogen and oxygen atoms in total. The first-order valence-electron chi connectivity index (χ1n) is 9.19. The standard InChI is InChI=1S/C20H21N7O2/c1-11(2)26-10-22-24-19(26)15-6-5-7-17(23-15)27-20(29)14-9-13(18(21)28)12(3)8-16(14)25(27)4/h5-11H,1-4H3,(H2,21,28). The number of carbonyl (C=O) groups excluding carboxylic acids is 1. The van der Waals surface area contributed by atoms with Crippen LogP contribution in [0.1, 0.15) is 35.8 Å². The van der Waals surface area contributed by atoms with Gasteiger partial charge in [0.05, 0.1) is 10.9 Å². The molecular weight excluding hydrogens is 370 g/mol. The molecule has 0 bridgehead atoms. The molecule has 0 unspecified atom stereocenters. The first kappa shape index (κ1) is 18.6. The number of nitrogens with zero attached hydrogens (tertiary/aromatic N) is 6. The van der Waals surface area contributed by atoms with Gasteiger partial charge in [-0.25, -0.2) is 4.98 Å². The minimum absolute atomic E-state index is 0.168. The minimum Gasteiger partial charge on any atom is -0.366 e. The van der Waals surface area contributed by atoms with Crippen molar-refractivity contribution in [2.45, 2.75) is 26.8 Å². The van der Waals surface area contributed by atoms with E-state index in [-0.39, 0.29) is 11.6 Å². The molecule has 4 aromatic rings. The average Bonchev–Trinajstić information content (AvgIpc) is 3.25. The van der Waals surface area contributed by atoms with Crippen molar-refractivity contribution in [3.05, 3.63) is 58.1 Å². The second-order valence-corrected chi connectivity index (χ2v) is 7.23. The Morgan fingerprint density at radius 1 is 1.21 bits per heavy atom. The van der Waals surface area contributed by atoms with Gasteiger partial charge >= 0.3 is 0 Å². The van der Waals surface area contributed by atoms with Gasteiger partial charge in [0.15, 0.2) is 11.6 Å². The number of hydrogen-bond donors (Lipinski definition) is 1. The normalized spacial score (nSPS) is 11.5. The summed E-state index contributed by atoms with van der Waals surface area (Å²) < 4.78 is 5.10. The number of rotatable bonds is 4. The third-order valence-corrected chi connectivity index (χ3v) is 4.99. The Hall–Kier alpha value is -3.75. The van der Waals surface area contributed by atoms with E-state index in [2.05, 4.69) is 15.2 Å². The monoisotopic (exact) mass is 391 g/mol. The predicted molar refractivity (Wildman–Crippen MR) is 109 cm³/mol. The number of nitrogens with two attached hydrogens (primary N) is 1. The van der Waals surface area contributed by atoms with Crippen LogP contribution in [-0.4, -0.2) is 35.0 Å². The number of fused-ring (bicyclic) bond motifs is 1. The smallest absolute Gasteiger partial charge is 0.280 e. The SMILES string of the molecule is Cc1cc2c(cc1C(N)=O)c(=O)n(-c1cccc(-c3nncn3C(C)C)n1)n2C. The van der Waals surface area contributed by atoms with Crippen LogP contribution in [0.3, 0.4) is 0 Å². The largest absolute Gasteiger partial charge is 0.366 e. The van der Waals surface area contributed by atoms with Crippen LogP contribution < -0.4 is 11.3 Å². The molecule has 0 atom stereocenters. The van der Waals surface area contributed by atoms with E-state index in [1.54, 1.807) is 43.2 Å². The minimum atomic E-state index is -0.563. The molecule has 0 spiro atoms. The van der Waals surface area contributed by atoms with Gasteiger partial charge in [-0.15, -0.1) is 10.2 Å². The van der Waals surface area contributed by atoms with Crippen LogP contribution in [0, 0.1) is 6.92 Å². The molecule has 1 aromatic carbocycles. The van der Waals surface area contributed by atoms with Crippen LogP contribution in [-0.2, 0) is 7.05 Å². The summed E-state index contributed by atoms with van der Waals surface area (Å²) in [6, 6.07) is 8.90. The van der Waals surface area contributed by atoms with E-state index in [1.165, 1.54) is 4.68 Å². The molecular formula is C20H21N7O2. The molecule has 0 fully saturated rings. The van der Waals surface area contributed by atoms with Gasteiger partial charge in [-0.05, 0) is 50.6 Å². The van der Waals surface area contributed by atoms with E-state index >= 15 is 0 Å². The summed E-state index contributed by atoms with van der Waals surface area (Å²) in [6.45, 7) is 5.85. The number of primary amides is 1. The molecule has 2 N–H and O–H groups in total. The van der Waals surface area contributed by atoms with Gasteiger partial charge in [0, 0.05) is 18.7 Å².